The summed E-state index contributed by atoms with van der Waals surface area (Å²) >= 11 is 4.86. The van der Waals surface area contributed by atoms with Crippen molar-refractivity contribution in [2.45, 2.75) is 18.6 Å². The molecule has 0 N–H and O–H groups in total. The molecule has 0 unspecified atom stereocenters. The van der Waals surface area contributed by atoms with Crippen LogP contribution in [0.1, 0.15) is 5.69 Å². The summed E-state index contributed by atoms with van der Waals surface area (Å²) in [7, 11) is 0. The highest BCUT2D eigenvalue weighted by Crippen LogP contribution is 2.16. The Morgan fingerprint density at radius 3 is 2.87 bits per heavy atom. The molecule has 0 aliphatic heterocycles. The minimum atomic E-state index is 0.684. The van der Waals surface area contributed by atoms with Gasteiger partial charge in [-0.2, -0.15) is 5.10 Å². The van der Waals surface area contributed by atoms with E-state index in [2.05, 4.69) is 36.2 Å². The smallest absolute Gasteiger partial charge is 0.209 e. The fourth-order valence-corrected chi connectivity index (χ4v) is 1.96. The SMILES string of the molecule is CSc1nnc2c(n1)c(C)nn2CCBr. The summed E-state index contributed by atoms with van der Waals surface area (Å²) in [6.45, 7) is 2.71. The first kappa shape index (κ1) is 10.8. The van der Waals surface area contributed by atoms with Crippen molar-refractivity contribution in [1.82, 2.24) is 25.0 Å². The van der Waals surface area contributed by atoms with Crippen molar-refractivity contribution >= 4 is 38.9 Å². The standard InChI is InChI=1S/C8H10BrN5S/c1-5-6-7(14(13-5)4-3-9)11-12-8(10-6)15-2/h3-4H2,1-2H3. The zero-order chi connectivity index (χ0) is 10.8. The van der Waals surface area contributed by atoms with E-state index < -0.39 is 0 Å². The van der Waals surface area contributed by atoms with Gasteiger partial charge in [0.05, 0.1) is 12.2 Å². The van der Waals surface area contributed by atoms with E-state index in [1.807, 2.05) is 17.9 Å². The highest BCUT2D eigenvalue weighted by Gasteiger charge is 2.11. The van der Waals surface area contributed by atoms with Crippen molar-refractivity contribution in [3.8, 4) is 0 Å². The average molecular weight is 288 g/mol. The highest BCUT2D eigenvalue weighted by atomic mass is 79.9. The van der Waals surface area contributed by atoms with Gasteiger partial charge in [0.1, 0.15) is 5.52 Å². The fraction of sp³-hybridized carbons (Fsp3) is 0.500. The van der Waals surface area contributed by atoms with Crippen molar-refractivity contribution < 1.29 is 0 Å². The number of alkyl halides is 1. The van der Waals surface area contributed by atoms with Crippen molar-refractivity contribution in [2.75, 3.05) is 11.6 Å². The molecule has 0 aliphatic rings. The van der Waals surface area contributed by atoms with E-state index >= 15 is 0 Å². The Labute approximate surface area is 99.8 Å². The summed E-state index contributed by atoms with van der Waals surface area (Å²) in [5.74, 6) is 0. The lowest BCUT2D eigenvalue weighted by Gasteiger charge is -1.97. The lowest BCUT2D eigenvalue weighted by molar-refractivity contribution is 0.671. The van der Waals surface area contributed by atoms with Gasteiger partial charge in [-0.25, -0.2) is 9.67 Å². The largest absolute Gasteiger partial charge is 0.243 e. The lowest BCUT2D eigenvalue weighted by Crippen LogP contribution is -2.03. The van der Waals surface area contributed by atoms with E-state index in [0.717, 1.165) is 28.7 Å². The second kappa shape index (κ2) is 4.44. The third-order valence-electron chi connectivity index (χ3n) is 1.99. The topological polar surface area (TPSA) is 56.5 Å². The monoisotopic (exact) mass is 287 g/mol. The van der Waals surface area contributed by atoms with E-state index in [0.29, 0.717) is 5.16 Å². The van der Waals surface area contributed by atoms with Crippen LogP contribution in [0.3, 0.4) is 0 Å². The minimum absolute atomic E-state index is 0.684. The van der Waals surface area contributed by atoms with Crippen LogP contribution in [0.2, 0.25) is 0 Å². The lowest BCUT2D eigenvalue weighted by atomic mass is 10.4. The first-order chi connectivity index (χ1) is 7.26. The molecule has 0 atom stereocenters. The molecule has 5 nitrogen and oxygen atoms in total. The molecule has 0 fully saturated rings. The zero-order valence-electron chi connectivity index (χ0n) is 8.44. The van der Waals surface area contributed by atoms with Crippen molar-refractivity contribution in [1.29, 1.82) is 0 Å². The van der Waals surface area contributed by atoms with E-state index in [4.69, 9.17) is 0 Å². The van der Waals surface area contributed by atoms with Gasteiger partial charge >= 0.3 is 0 Å². The first-order valence-corrected chi connectivity index (χ1v) is 6.78. The van der Waals surface area contributed by atoms with Gasteiger partial charge < -0.3 is 0 Å². The maximum atomic E-state index is 4.39. The Balaban J connectivity index is 2.59. The summed E-state index contributed by atoms with van der Waals surface area (Å²) in [6, 6.07) is 0. The molecule has 15 heavy (non-hydrogen) atoms. The molecule has 0 aliphatic carbocycles. The molecule has 2 rings (SSSR count). The Morgan fingerprint density at radius 1 is 1.40 bits per heavy atom. The number of fused-ring (bicyclic) bond motifs is 1. The fourth-order valence-electron chi connectivity index (χ4n) is 1.32. The molecule has 0 spiro atoms. The molecule has 0 aromatic carbocycles. The van der Waals surface area contributed by atoms with Gasteiger partial charge in [0.15, 0.2) is 5.65 Å². The third kappa shape index (κ3) is 1.98. The molecule has 0 bridgehead atoms. The van der Waals surface area contributed by atoms with Crippen molar-refractivity contribution in [3.63, 3.8) is 0 Å². The van der Waals surface area contributed by atoms with E-state index in [1.54, 1.807) is 0 Å². The average Bonchev–Trinajstić information content (AvgIpc) is 2.56. The van der Waals surface area contributed by atoms with Gasteiger partial charge in [-0.05, 0) is 13.2 Å². The van der Waals surface area contributed by atoms with Gasteiger partial charge in [-0.3, -0.25) is 0 Å². The molecule has 0 saturated heterocycles. The number of hydrogen-bond acceptors (Lipinski definition) is 5. The Hall–Kier alpha value is -0.690. The maximum Gasteiger partial charge on any atom is 0.209 e. The van der Waals surface area contributed by atoms with E-state index in [9.17, 15) is 0 Å². The molecule has 2 aromatic heterocycles. The molecule has 2 aromatic rings. The molecule has 7 heteroatoms. The van der Waals surface area contributed by atoms with Crippen LogP contribution in [0.4, 0.5) is 0 Å². The Kier molecular flexibility index (Phi) is 3.20. The Morgan fingerprint density at radius 2 is 2.20 bits per heavy atom. The van der Waals surface area contributed by atoms with E-state index in [-0.39, 0.29) is 0 Å². The third-order valence-corrected chi connectivity index (χ3v) is 2.88. The zero-order valence-corrected chi connectivity index (χ0v) is 10.8. The van der Waals surface area contributed by atoms with Gasteiger partial charge in [-0.1, -0.05) is 27.7 Å². The summed E-state index contributed by atoms with van der Waals surface area (Å²) in [6.07, 6.45) is 1.93. The van der Waals surface area contributed by atoms with Crippen molar-refractivity contribution in [2.24, 2.45) is 0 Å². The van der Waals surface area contributed by atoms with Crippen LogP contribution in [-0.2, 0) is 6.54 Å². The second-order valence-corrected chi connectivity index (χ2v) is 4.53. The highest BCUT2D eigenvalue weighted by molar-refractivity contribution is 9.09. The maximum absolute atomic E-state index is 4.39. The van der Waals surface area contributed by atoms with E-state index in [1.165, 1.54) is 11.8 Å². The first-order valence-electron chi connectivity index (χ1n) is 4.44. The summed E-state index contributed by atoms with van der Waals surface area (Å²) < 4.78 is 1.82. The predicted octanol–water partition coefficient (Wildman–Crippen LogP) is 1.65. The number of rotatable bonds is 3. The molecule has 80 valence electrons. The molecular weight excluding hydrogens is 278 g/mol. The van der Waals surface area contributed by atoms with Crippen LogP contribution < -0.4 is 0 Å². The van der Waals surface area contributed by atoms with Crippen LogP contribution in [-0.4, -0.2) is 36.5 Å². The van der Waals surface area contributed by atoms with Crippen LogP contribution in [0, 0.1) is 6.92 Å². The number of aromatic nitrogens is 5. The summed E-state index contributed by atoms with van der Waals surface area (Å²) in [5, 5.41) is 14.0. The summed E-state index contributed by atoms with van der Waals surface area (Å²) in [5.41, 5.74) is 2.50. The number of nitrogens with zero attached hydrogens (tertiary/aromatic N) is 5. The summed E-state index contributed by atoms with van der Waals surface area (Å²) in [4.78, 5) is 4.39. The molecule has 0 amide bonds. The predicted molar refractivity (Wildman–Crippen MR) is 63.4 cm³/mol. The second-order valence-electron chi connectivity index (χ2n) is 2.97. The number of thioether (sulfide) groups is 1. The number of aryl methyl sites for hydroxylation is 2. The van der Waals surface area contributed by atoms with Gasteiger partial charge in [0.25, 0.3) is 0 Å². The Bertz CT molecular complexity index is 483. The normalized spacial score (nSPS) is 11.1. The van der Waals surface area contributed by atoms with Crippen molar-refractivity contribution in [3.05, 3.63) is 5.69 Å². The van der Waals surface area contributed by atoms with Crippen LogP contribution in [0.15, 0.2) is 5.16 Å². The minimum Gasteiger partial charge on any atom is -0.243 e. The van der Waals surface area contributed by atoms with Gasteiger partial charge in [-0.15, -0.1) is 10.2 Å². The van der Waals surface area contributed by atoms with Crippen LogP contribution in [0.25, 0.3) is 11.2 Å². The number of hydrogen-bond donors (Lipinski definition) is 0. The van der Waals surface area contributed by atoms with Gasteiger partial charge in [0, 0.05) is 5.33 Å². The molecule has 0 saturated carbocycles. The quantitative estimate of drug-likeness (QED) is 0.635. The molecule has 0 radical (unpaired) electrons. The molecular formula is C8H10BrN5S. The van der Waals surface area contributed by atoms with Crippen LogP contribution >= 0.6 is 27.7 Å². The van der Waals surface area contributed by atoms with Gasteiger partial charge in [0.2, 0.25) is 5.16 Å². The van der Waals surface area contributed by atoms with Crippen LogP contribution in [0.5, 0.6) is 0 Å². The number of halogens is 1. The molecule has 2 heterocycles.